The van der Waals surface area contributed by atoms with Crippen LogP contribution in [0.15, 0.2) is 194 Å². The second-order valence-corrected chi connectivity index (χ2v) is 14.8. The van der Waals surface area contributed by atoms with E-state index < -0.39 is 5.41 Å². The number of ether oxygens (including phenoxy) is 1. The summed E-state index contributed by atoms with van der Waals surface area (Å²) in [5.41, 5.74) is 16.7. The summed E-state index contributed by atoms with van der Waals surface area (Å²) < 4.78 is 6.83. The van der Waals surface area contributed by atoms with E-state index in [0.717, 1.165) is 78.8 Å². The van der Waals surface area contributed by atoms with Gasteiger partial charge >= 0.3 is 0 Å². The molecular formula is C53H35N3O. The molecule has 4 nitrogen and oxygen atoms in total. The molecule has 3 heterocycles. The number of nitrogens with zero attached hydrogens (tertiary/aromatic N) is 3. The number of hydrogen-bond donors (Lipinski definition) is 0. The van der Waals surface area contributed by atoms with Crippen molar-refractivity contribution in [1.29, 1.82) is 0 Å². The van der Waals surface area contributed by atoms with Gasteiger partial charge in [0.05, 0.1) is 22.5 Å². The van der Waals surface area contributed by atoms with E-state index in [1.165, 1.54) is 22.3 Å². The highest BCUT2D eigenvalue weighted by Crippen LogP contribution is 2.62. The lowest BCUT2D eigenvalue weighted by molar-refractivity contribution is 0.436. The Morgan fingerprint density at radius 1 is 0.351 bits per heavy atom. The summed E-state index contributed by atoms with van der Waals surface area (Å²) in [6.45, 7) is 2.07. The van der Waals surface area contributed by atoms with Crippen LogP contribution in [-0.4, -0.2) is 15.0 Å². The van der Waals surface area contributed by atoms with E-state index in [2.05, 4.69) is 165 Å². The van der Waals surface area contributed by atoms with Crippen molar-refractivity contribution < 1.29 is 4.74 Å². The monoisotopic (exact) mass is 729 g/mol. The number of aryl methyl sites for hydroxylation is 1. The highest BCUT2D eigenvalue weighted by atomic mass is 16.5. The maximum Gasteiger partial charge on any atom is 0.160 e. The number of para-hydroxylation sites is 1. The predicted octanol–water partition coefficient (Wildman–Crippen LogP) is 13.0. The number of pyridine rings is 1. The Bertz CT molecular complexity index is 2950. The molecule has 0 radical (unpaired) electrons. The quantitative estimate of drug-likeness (QED) is 0.177. The smallest absolute Gasteiger partial charge is 0.160 e. The van der Waals surface area contributed by atoms with Crippen LogP contribution in [0, 0.1) is 6.92 Å². The second kappa shape index (κ2) is 13.1. The van der Waals surface area contributed by atoms with Crippen LogP contribution < -0.4 is 4.74 Å². The largest absolute Gasteiger partial charge is 0.457 e. The Morgan fingerprint density at radius 2 is 0.877 bits per heavy atom. The fourth-order valence-corrected chi connectivity index (χ4v) is 8.94. The standard InChI is InChI=1S/C53H35N3O/c1-34-40(29-31-47(54-34)36-14-4-2-5-15-36)35-24-26-37(27-25-35)48-33-49(56-52(55-48)38-16-6-3-7-17-38)39-28-30-46-51(32-39)57-50-23-13-12-22-45(50)53(46)43-20-10-8-18-41(43)42-19-9-11-21-44(42)53/h2-33H,1H3. The summed E-state index contributed by atoms with van der Waals surface area (Å²) in [6.07, 6.45) is 0. The van der Waals surface area contributed by atoms with E-state index in [1.54, 1.807) is 0 Å². The van der Waals surface area contributed by atoms with E-state index in [0.29, 0.717) is 5.82 Å². The van der Waals surface area contributed by atoms with Gasteiger partial charge in [0.1, 0.15) is 11.5 Å². The second-order valence-electron chi connectivity index (χ2n) is 14.8. The molecule has 1 aliphatic heterocycles. The number of rotatable bonds is 5. The molecule has 1 aliphatic carbocycles. The van der Waals surface area contributed by atoms with Gasteiger partial charge in [0.15, 0.2) is 5.82 Å². The van der Waals surface area contributed by atoms with Crippen LogP contribution in [0.1, 0.15) is 27.9 Å². The number of aromatic nitrogens is 3. The van der Waals surface area contributed by atoms with Gasteiger partial charge in [-0.3, -0.25) is 4.98 Å². The number of hydrogen-bond acceptors (Lipinski definition) is 4. The van der Waals surface area contributed by atoms with Crippen LogP contribution in [0.2, 0.25) is 0 Å². The lowest BCUT2D eigenvalue weighted by Gasteiger charge is -2.39. The minimum Gasteiger partial charge on any atom is -0.457 e. The van der Waals surface area contributed by atoms with E-state index >= 15 is 0 Å². The first-order valence-electron chi connectivity index (χ1n) is 19.4. The van der Waals surface area contributed by atoms with Crippen LogP contribution >= 0.6 is 0 Å². The van der Waals surface area contributed by atoms with Crippen molar-refractivity contribution >= 4 is 0 Å². The van der Waals surface area contributed by atoms with Crippen LogP contribution in [0.25, 0.3) is 67.4 Å². The normalized spacial score (nSPS) is 12.9. The molecule has 2 aliphatic rings. The van der Waals surface area contributed by atoms with Crippen molar-refractivity contribution in [1.82, 2.24) is 15.0 Å². The number of fused-ring (bicyclic) bond motifs is 9. The summed E-state index contributed by atoms with van der Waals surface area (Å²) in [5.74, 6) is 2.36. The Balaban J connectivity index is 1.03. The Morgan fingerprint density at radius 3 is 1.56 bits per heavy atom. The van der Waals surface area contributed by atoms with E-state index in [-0.39, 0.29) is 0 Å². The highest BCUT2D eigenvalue weighted by molar-refractivity contribution is 5.89. The zero-order valence-electron chi connectivity index (χ0n) is 31.2. The molecule has 57 heavy (non-hydrogen) atoms. The van der Waals surface area contributed by atoms with Gasteiger partial charge in [-0.25, -0.2) is 9.97 Å². The lowest BCUT2D eigenvalue weighted by Crippen LogP contribution is -2.32. The van der Waals surface area contributed by atoms with Crippen molar-refractivity contribution in [3.63, 3.8) is 0 Å². The molecule has 0 atom stereocenters. The van der Waals surface area contributed by atoms with Gasteiger partial charge in [0.25, 0.3) is 0 Å². The van der Waals surface area contributed by atoms with Crippen molar-refractivity contribution in [2.75, 3.05) is 0 Å². The van der Waals surface area contributed by atoms with Crippen molar-refractivity contribution in [2.45, 2.75) is 12.3 Å². The number of benzene rings is 7. The first-order chi connectivity index (χ1) is 28.1. The van der Waals surface area contributed by atoms with Crippen molar-refractivity contribution in [2.24, 2.45) is 0 Å². The van der Waals surface area contributed by atoms with Crippen molar-refractivity contribution in [3.8, 4) is 78.9 Å². The molecule has 268 valence electrons. The molecule has 0 N–H and O–H groups in total. The van der Waals surface area contributed by atoms with Crippen molar-refractivity contribution in [3.05, 3.63) is 222 Å². The van der Waals surface area contributed by atoms with Crippen LogP contribution in [-0.2, 0) is 5.41 Å². The molecule has 0 fully saturated rings. The summed E-state index contributed by atoms with van der Waals surface area (Å²) in [4.78, 5) is 15.3. The fourth-order valence-electron chi connectivity index (χ4n) is 8.94. The highest BCUT2D eigenvalue weighted by Gasteiger charge is 2.50. The molecule has 7 aromatic carbocycles. The zero-order valence-corrected chi connectivity index (χ0v) is 31.2. The van der Waals surface area contributed by atoms with E-state index in [9.17, 15) is 0 Å². The third kappa shape index (κ3) is 5.26. The molecule has 0 amide bonds. The molecule has 2 aromatic heterocycles. The summed E-state index contributed by atoms with van der Waals surface area (Å²) in [7, 11) is 0. The fraction of sp³-hybridized carbons (Fsp3) is 0.0377. The maximum atomic E-state index is 6.83. The lowest BCUT2D eigenvalue weighted by atomic mass is 9.66. The minimum absolute atomic E-state index is 0.514. The third-order valence-corrected chi connectivity index (χ3v) is 11.5. The topological polar surface area (TPSA) is 47.9 Å². The molecule has 4 heteroatoms. The first kappa shape index (κ1) is 33.0. The Hall–Kier alpha value is -7.43. The van der Waals surface area contributed by atoms with Gasteiger partial charge in [-0.15, -0.1) is 0 Å². The molecule has 1 spiro atoms. The Kier molecular flexibility index (Phi) is 7.58. The molecule has 0 unspecified atom stereocenters. The van der Waals surface area contributed by atoms with Crippen LogP contribution in [0.4, 0.5) is 0 Å². The molecule has 11 rings (SSSR count). The zero-order chi connectivity index (χ0) is 37.9. The average Bonchev–Trinajstić information content (AvgIpc) is 3.57. The van der Waals surface area contributed by atoms with E-state index in [1.807, 2.05) is 36.4 Å². The molecule has 0 saturated heterocycles. The molecular weight excluding hydrogens is 695 g/mol. The molecule has 0 bridgehead atoms. The maximum absolute atomic E-state index is 6.83. The third-order valence-electron chi connectivity index (χ3n) is 11.5. The molecule has 0 saturated carbocycles. The summed E-state index contributed by atoms with van der Waals surface area (Å²) >= 11 is 0. The van der Waals surface area contributed by atoms with Crippen LogP contribution in [0.3, 0.4) is 0 Å². The summed E-state index contributed by atoms with van der Waals surface area (Å²) in [5, 5.41) is 0. The van der Waals surface area contributed by atoms with Gasteiger partial charge in [0, 0.05) is 44.6 Å². The SMILES string of the molecule is Cc1nc(-c2ccccc2)ccc1-c1ccc(-c2cc(-c3ccc4c(c3)Oc3ccccc3C43c4ccccc4-c4ccccc43)nc(-c3ccccc3)n2)cc1. The van der Waals surface area contributed by atoms with E-state index in [4.69, 9.17) is 19.7 Å². The minimum atomic E-state index is -0.514. The van der Waals surface area contributed by atoms with Gasteiger partial charge < -0.3 is 4.74 Å². The predicted molar refractivity (Wildman–Crippen MR) is 229 cm³/mol. The molecule has 9 aromatic rings. The van der Waals surface area contributed by atoms with Crippen LogP contribution in [0.5, 0.6) is 11.5 Å². The average molecular weight is 730 g/mol. The van der Waals surface area contributed by atoms with Gasteiger partial charge in [0.2, 0.25) is 0 Å². The summed E-state index contributed by atoms with van der Waals surface area (Å²) in [6, 6.07) is 68.2. The first-order valence-corrected chi connectivity index (χ1v) is 19.4. The Labute approximate surface area is 331 Å². The van der Waals surface area contributed by atoms with Gasteiger partial charge in [-0.1, -0.05) is 170 Å². The van der Waals surface area contributed by atoms with Gasteiger partial charge in [-0.05, 0) is 59.0 Å². The van der Waals surface area contributed by atoms with Gasteiger partial charge in [-0.2, -0.15) is 0 Å².